The quantitative estimate of drug-likeness (QED) is 0.890. The fourth-order valence-electron chi connectivity index (χ4n) is 2.48. The van der Waals surface area contributed by atoms with Crippen molar-refractivity contribution in [2.24, 2.45) is 7.05 Å². The van der Waals surface area contributed by atoms with Crippen molar-refractivity contribution in [1.29, 1.82) is 0 Å². The predicted octanol–water partition coefficient (Wildman–Crippen LogP) is 0.696. The van der Waals surface area contributed by atoms with Crippen LogP contribution in [0.25, 0.3) is 0 Å². The lowest BCUT2D eigenvalue weighted by Gasteiger charge is -2.38. The van der Waals surface area contributed by atoms with Gasteiger partial charge in [0.15, 0.2) is 5.03 Å². The van der Waals surface area contributed by atoms with Gasteiger partial charge in [0.05, 0.1) is 18.1 Å². The fraction of sp³-hybridized carbons (Fsp3) is 0.462. The summed E-state index contributed by atoms with van der Waals surface area (Å²) in [5.41, 5.74) is 0.711. The molecule has 0 unspecified atom stereocenters. The fourth-order valence-corrected chi connectivity index (χ4v) is 4.09. The minimum Gasteiger partial charge on any atom is -0.373 e. The number of rotatable bonds is 4. The predicted molar refractivity (Wildman–Crippen MR) is 80.8 cm³/mol. The molecule has 1 atom stereocenters. The molecule has 22 heavy (non-hydrogen) atoms. The van der Waals surface area contributed by atoms with Crippen LogP contribution in [0.15, 0.2) is 23.6 Å². The Kier molecular flexibility index (Phi) is 3.61. The third-order valence-corrected chi connectivity index (χ3v) is 5.47. The molecule has 8 nitrogen and oxygen atoms in total. The number of nitrogens with one attached hydrogen (secondary N) is 1. The van der Waals surface area contributed by atoms with E-state index >= 15 is 0 Å². The number of aryl methyl sites for hydroxylation is 2. The SMILES string of the molecule is CNc1cc([C@H]2CCN2S(=O)(=O)c2cn(C)cn2)nc(C)n1. The topological polar surface area (TPSA) is 93.0 Å². The van der Waals surface area contributed by atoms with Gasteiger partial charge in [0.1, 0.15) is 11.6 Å². The normalized spacial score (nSPS) is 19.0. The molecule has 1 fully saturated rings. The van der Waals surface area contributed by atoms with Crippen molar-refractivity contribution in [3.05, 3.63) is 30.1 Å². The molecule has 1 aliphatic rings. The number of hydrogen-bond donors (Lipinski definition) is 1. The molecule has 2 aromatic heterocycles. The van der Waals surface area contributed by atoms with E-state index in [-0.39, 0.29) is 11.1 Å². The van der Waals surface area contributed by atoms with E-state index < -0.39 is 10.0 Å². The lowest BCUT2D eigenvalue weighted by atomic mass is 10.0. The maximum atomic E-state index is 12.6. The highest BCUT2D eigenvalue weighted by Gasteiger charge is 2.41. The molecule has 0 saturated carbocycles. The first-order valence-electron chi connectivity index (χ1n) is 6.95. The molecule has 0 aromatic carbocycles. The van der Waals surface area contributed by atoms with E-state index in [0.29, 0.717) is 23.9 Å². The summed E-state index contributed by atoms with van der Waals surface area (Å²) in [6.07, 6.45) is 3.73. The Balaban J connectivity index is 1.93. The molecule has 1 N–H and O–H groups in total. The zero-order valence-corrected chi connectivity index (χ0v) is 13.5. The van der Waals surface area contributed by atoms with E-state index in [9.17, 15) is 8.42 Å². The van der Waals surface area contributed by atoms with Crippen LogP contribution in [-0.2, 0) is 17.1 Å². The Hall–Kier alpha value is -2.00. The molecule has 2 aromatic rings. The van der Waals surface area contributed by atoms with E-state index in [4.69, 9.17) is 0 Å². The average Bonchev–Trinajstić information content (AvgIpc) is 2.83. The third kappa shape index (κ3) is 2.46. The molecule has 3 rings (SSSR count). The molecular formula is C13H18N6O2S. The molecule has 9 heteroatoms. The zero-order valence-electron chi connectivity index (χ0n) is 12.7. The first-order valence-corrected chi connectivity index (χ1v) is 8.39. The van der Waals surface area contributed by atoms with E-state index in [1.54, 1.807) is 31.7 Å². The van der Waals surface area contributed by atoms with Crippen LogP contribution in [0.2, 0.25) is 0 Å². The highest BCUT2D eigenvalue weighted by atomic mass is 32.2. The van der Waals surface area contributed by atoms with Crippen molar-refractivity contribution in [1.82, 2.24) is 23.8 Å². The van der Waals surface area contributed by atoms with Crippen molar-refractivity contribution in [3.8, 4) is 0 Å². The van der Waals surface area contributed by atoms with Crippen LogP contribution in [0.3, 0.4) is 0 Å². The van der Waals surface area contributed by atoms with Crippen LogP contribution in [0.4, 0.5) is 5.82 Å². The summed E-state index contributed by atoms with van der Waals surface area (Å²) >= 11 is 0. The first-order chi connectivity index (χ1) is 10.4. The molecule has 0 radical (unpaired) electrons. The summed E-state index contributed by atoms with van der Waals surface area (Å²) in [7, 11) is -0.0754. The van der Waals surface area contributed by atoms with Crippen LogP contribution in [0, 0.1) is 6.92 Å². The monoisotopic (exact) mass is 322 g/mol. The standard InChI is InChI=1S/C13H18N6O2S/c1-9-16-10(6-12(14-2)17-9)11-4-5-19(11)22(20,21)13-7-18(3)8-15-13/h6-8,11H,4-5H2,1-3H3,(H,14,16,17)/t11-/m1/s1. The smallest absolute Gasteiger partial charge is 0.262 e. The van der Waals surface area contributed by atoms with E-state index in [1.165, 1.54) is 16.8 Å². The van der Waals surface area contributed by atoms with Gasteiger partial charge in [-0.3, -0.25) is 0 Å². The summed E-state index contributed by atoms with van der Waals surface area (Å²) in [4.78, 5) is 12.6. The van der Waals surface area contributed by atoms with Gasteiger partial charge < -0.3 is 9.88 Å². The van der Waals surface area contributed by atoms with E-state index in [2.05, 4.69) is 20.3 Å². The van der Waals surface area contributed by atoms with Gasteiger partial charge in [-0.1, -0.05) is 0 Å². The molecule has 1 aliphatic heterocycles. The van der Waals surface area contributed by atoms with E-state index in [1.807, 2.05) is 0 Å². The Bertz CT molecular complexity index is 801. The third-order valence-electron chi connectivity index (χ3n) is 3.68. The second-order valence-electron chi connectivity index (χ2n) is 5.27. The molecular weight excluding hydrogens is 304 g/mol. The zero-order chi connectivity index (χ0) is 15.9. The van der Waals surface area contributed by atoms with Gasteiger partial charge in [-0.25, -0.2) is 23.4 Å². The molecule has 1 saturated heterocycles. The van der Waals surface area contributed by atoms with Crippen molar-refractivity contribution in [2.75, 3.05) is 18.9 Å². The summed E-state index contributed by atoms with van der Waals surface area (Å²) in [6, 6.07) is 1.53. The van der Waals surface area contributed by atoms with Crippen molar-refractivity contribution in [3.63, 3.8) is 0 Å². The first kappa shape index (κ1) is 14.9. The van der Waals surface area contributed by atoms with Gasteiger partial charge in [0, 0.05) is 32.9 Å². The van der Waals surface area contributed by atoms with Gasteiger partial charge in [-0.2, -0.15) is 4.31 Å². The van der Waals surface area contributed by atoms with Crippen LogP contribution in [0.1, 0.15) is 24.0 Å². The maximum absolute atomic E-state index is 12.6. The number of anilines is 1. The second kappa shape index (κ2) is 5.33. The largest absolute Gasteiger partial charge is 0.373 e. The Morgan fingerprint density at radius 2 is 2.14 bits per heavy atom. The molecule has 118 valence electrons. The molecule has 3 heterocycles. The average molecular weight is 322 g/mol. The molecule has 0 aliphatic carbocycles. The summed E-state index contributed by atoms with van der Waals surface area (Å²) in [6.45, 7) is 2.27. The van der Waals surface area contributed by atoms with Gasteiger partial charge >= 0.3 is 0 Å². The van der Waals surface area contributed by atoms with Crippen molar-refractivity contribution >= 4 is 15.8 Å². The van der Waals surface area contributed by atoms with Gasteiger partial charge in [-0.15, -0.1) is 0 Å². The summed E-state index contributed by atoms with van der Waals surface area (Å²) in [5, 5.41) is 3.03. The Labute approximate surface area is 129 Å². The lowest BCUT2D eigenvalue weighted by molar-refractivity contribution is 0.196. The van der Waals surface area contributed by atoms with Crippen molar-refractivity contribution in [2.45, 2.75) is 24.4 Å². The van der Waals surface area contributed by atoms with Gasteiger partial charge in [0.25, 0.3) is 10.0 Å². The summed E-state index contributed by atoms with van der Waals surface area (Å²) < 4.78 is 28.3. The van der Waals surface area contributed by atoms with Crippen molar-refractivity contribution < 1.29 is 8.42 Å². The molecule has 0 bridgehead atoms. The second-order valence-corrected chi connectivity index (χ2v) is 7.11. The van der Waals surface area contributed by atoms with Gasteiger partial charge in [0.2, 0.25) is 0 Å². The Morgan fingerprint density at radius 3 is 2.68 bits per heavy atom. The number of hydrogen-bond acceptors (Lipinski definition) is 6. The van der Waals surface area contributed by atoms with Crippen LogP contribution in [0.5, 0.6) is 0 Å². The number of sulfonamides is 1. The lowest BCUT2D eigenvalue weighted by Crippen LogP contribution is -2.45. The number of aromatic nitrogens is 4. The molecule has 0 amide bonds. The minimum atomic E-state index is -3.59. The highest BCUT2D eigenvalue weighted by Crippen LogP contribution is 2.37. The maximum Gasteiger partial charge on any atom is 0.262 e. The van der Waals surface area contributed by atoms with Crippen LogP contribution in [-0.4, -0.2) is 45.8 Å². The van der Waals surface area contributed by atoms with Gasteiger partial charge in [-0.05, 0) is 13.3 Å². The molecule has 0 spiro atoms. The number of nitrogens with zero attached hydrogens (tertiary/aromatic N) is 5. The minimum absolute atomic E-state index is 0.0688. The Morgan fingerprint density at radius 1 is 1.36 bits per heavy atom. The van der Waals surface area contributed by atoms with Crippen LogP contribution >= 0.6 is 0 Å². The van der Waals surface area contributed by atoms with Crippen LogP contribution < -0.4 is 5.32 Å². The highest BCUT2D eigenvalue weighted by molar-refractivity contribution is 7.89. The number of imidazole rings is 1. The van der Waals surface area contributed by atoms with E-state index in [0.717, 1.165) is 6.42 Å². The summed E-state index contributed by atoms with van der Waals surface area (Å²) in [5.74, 6) is 1.30.